The van der Waals surface area contributed by atoms with Crippen LogP contribution in [0.1, 0.15) is 35.7 Å². The smallest absolute Gasteiger partial charge is 0.411 e. The lowest BCUT2D eigenvalue weighted by atomic mass is 9.92. The molecule has 168 valence electrons. The van der Waals surface area contributed by atoms with Gasteiger partial charge in [-0.25, -0.2) is 4.79 Å². The van der Waals surface area contributed by atoms with Crippen LogP contribution in [0.2, 0.25) is 5.02 Å². The highest BCUT2D eigenvalue weighted by Gasteiger charge is 2.35. The van der Waals surface area contributed by atoms with E-state index in [1.54, 1.807) is 4.90 Å². The SMILES string of the molecule is O=C1OCC#CC2CC(CCN2)Oc2ccc(cc2)[C@H]2c3[nH]c4ccc(Cl)cc4c3CCN12. The molecule has 1 aromatic heterocycles. The maximum Gasteiger partial charge on any atom is 0.411 e. The van der Waals surface area contributed by atoms with Crippen LogP contribution in [-0.4, -0.2) is 47.8 Å². The van der Waals surface area contributed by atoms with Gasteiger partial charge in [-0.05, 0) is 60.8 Å². The molecule has 1 fully saturated rings. The Bertz CT molecular complexity index is 1270. The molecule has 2 unspecified atom stereocenters. The first kappa shape index (κ1) is 20.5. The number of aromatic amines is 1. The van der Waals surface area contributed by atoms with Crippen LogP contribution in [0.3, 0.4) is 0 Å². The topological polar surface area (TPSA) is 66.6 Å². The van der Waals surface area contributed by atoms with Crippen LogP contribution >= 0.6 is 11.6 Å². The minimum atomic E-state index is -0.360. The summed E-state index contributed by atoms with van der Waals surface area (Å²) < 4.78 is 11.9. The predicted molar refractivity (Wildman–Crippen MR) is 127 cm³/mol. The molecule has 7 heteroatoms. The second-order valence-electron chi connectivity index (χ2n) is 8.77. The summed E-state index contributed by atoms with van der Waals surface area (Å²) in [6.45, 7) is 1.47. The van der Waals surface area contributed by atoms with Crippen LogP contribution in [0.15, 0.2) is 42.5 Å². The van der Waals surface area contributed by atoms with Crippen molar-refractivity contribution in [3.63, 3.8) is 0 Å². The number of rotatable bonds is 0. The van der Waals surface area contributed by atoms with E-state index in [2.05, 4.69) is 22.1 Å². The number of aromatic nitrogens is 1. The van der Waals surface area contributed by atoms with Gasteiger partial charge >= 0.3 is 6.09 Å². The van der Waals surface area contributed by atoms with Crippen molar-refractivity contribution in [3.05, 3.63) is 64.3 Å². The number of carbonyl (C=O) groups excluding carboxylic acids is 1. The molecule has 4 bridgehead atoms. The fourth-order valence-corrected chi connectivity index (χ4v) is 5.34. The van der Waals surface area contributed by atoms with E-state index in [-0.39, 0.29) is 30.9 Å². The monoisotopic (exact) mass is 461 g/mol. The summed E-state index contributed by atoms with van der Waals surface area (Å²) in [5, 5.41) is 5.21. The normalized spacial score (nSPS) is 24.5. The summed E-state index contributed by atoms with van der Waals surface area (Å²) in [5.74, 6) is 7.04. The first-order valence-corrected chi connectivity index (χ1v) is 11.8. The van der Waals surface area contributed by atoms with Crippen molar-refractivity contribution < 1.29 is 14.3 Å². The van der Waals surface area contributed by atoms with Gasteiger partial charge in [0.05, 0.1) is 6.04 Å². The van der Waals surface area contributed by atoms with E-state index in [9.17, 15) is 4.79 Å². The Hall–Kier alpha value is -3.14. The zero-order valence-electron chi connectivity index (χ0n) is 18.1. The summed E-state index contributed by atoms with van der Waals surface area (Å²) in [7, 11) is 0. The molecule has 0 aliphatic carbocycles. The Morgan fingerprint density at radius 2 is 2.03 bits per heavy atom. The Balaban J connectivity index is 1.44. The minimum absolute atomic E-state index is 0.0373. The zero-order chi connectivity index (χ0) is 22.4. The lowest BCUT2D eigenvalue weighted by Gasteiger charge is -2.35. The minimum Gasteiger partial charge on any atom is -0.490 e. The summed E-state index contributed by atoms with van der Waals surface area (Å²) in [6, 6.07) is 13.7. The molecule has 0 spiro atoms. The number of nitrogens with one attached hydrogen (secondary N) is 2. The fraction of sp³-hybridized carbons (Fsp3) is 0.346. The number of halogens is 1. The first-order chi connectivity index (χ1) is 16.2. The Labute approximate surface area is 197 Å². The number of ether oxygens (including phenoxy) is 2. The average Bonchev–Trinajstić information content (AvgIpc) is 3.19. The lowest BCUT2D eigenvalue weighted by molar-refractivity contribution is 0.0992. The number of amides is 1. The summed E-state index contributed by atoms with van der Waals surface area (Å²) in [5.41, 5.74) is 4.21. The number of fused-ring (bicyclic) bond motifs is 8. The molecule has 3 atom stereocenters. The quantitative estimate of drug-likeness (QED) is 0.486. The van der Waals surface area contributed by atoms with Gasteiger partial charge in [0.15, 0.2) is 6.61 Å². The van der Waals surface area contributed by atoms with Crippen LogP contribution in [-0.2, 0) is 11.2 Å². The van der Waals surface area contributed by atoms with Crippen molar-refractivity contribution in [3.8, 4) is 17.6 Å². The molecule has 4 aliphatic heterocycles. The summed E-state index contributed by atoms with van der Waals surface area (Å²) in [6.07, 6.45) is 2.22. The van der Waals surface area contributed by atoms with E-state index < -0.39 is 0 Å². The Morgan fingerprint density at radius 1 is 1.15 bits per heavy atom. The number of hydrogen-bond acceptors (Lipinski definition) is 4. The largest absolute Gasteiger partial charge is 0.490 e. The molecule has 0 radical (unpaired) electrons. The molecule has 7 rings (SSSR count). The summed E-state index contributed by atoms with van der Waals surface area (Å²) >= 11 is 6.28. The zero-order valence-corrected chi connectivity index (χ0v) is 18.8. The van der Waals surface area contributed by atoms with Crippen molar-refractivity contribution in [2.45, 2.75) is 37.5 Å². The molecule has 1 saturated heterocycles. The van der Waals surface area contributed by atoms with Gasteiger partial charge in [0.1, 0.15) is 17.9 Å². The van der Waals surface area contributed by atoms with Crippen LogP contribution in [0.4, 0.5) is 4.79 Å². The van der Waals surface area contributed by atoms with Gasteiger partial charge in [-0.3, -0.25) is 4.90 Å². The summed E-state index contributed by atoms with van der Waals surface area (Å²) in [4.78, 5) is 18.5. The van der Waals surface area contributed by atoms with Gasteiger partial charge in [0.2, 0.25) is 0 Å². The maximum atomic E-state index is 13.1. The third-order valence-corrected chi connectivity index (χ3v) is 6.96. The van der Waals surface area contributed by atoms with E-state index in [0.717, 1.165) is 53.7 Å². The number of carbonyl (C=O) groups is 1. The van der Waals surface area contributed by atoms with E-state index in [1.807, 2.05) is 42.5 Å². The average molecular weight is 462 g/mol. The van der Waals surface area contributed by atoms with Crippen LogP contribution in [0, 0.1) is 11.8 Å². The van der Waals surface area contributed by atoms with Crippen molar-refractivity contribution >= 4 is 28.6 Å². The van der Waals surface area contributed by atoms with E-state index in [4.69, 9.17) is 21.1 Å². The molecule has 1 amide bonds. The molecule has 33 heavy (non-hydrogen) atoms. The van der Waals surface area contributed by atoms with Gasteiger partial charge in [0, 0.05) is 34.6 Å². The van der Waals surface area contributed by atoms with Gasteiger partial charge in [-0.15, -0.1) is 0 Å². The predicted octanol–water partition coefficient (Wildman–Crippen LogP) is 4.42. The molecular formula is C26H24ClN3O3. The Morgan fingerprint density at radius 3 is 2.91 bits per heavy atom. The molecule has 5 heterocycles. The van der Waals surface area contributed by atoms with E-state index in [0.29, 0.717) is 11.6 Å². The van der Waals surface area contributed by atoms with Crippen LogP contribution in [0.25, 0.3) is 10.9 Å². The molecular weight excluding hydrogens is 438 g/mol. The van der Waals surface area contributed by atoms with Crippen molar-refractivity contribution in [1.29, 1.82) is 0 Å². The lowest BCUT2D eigenvalue weighted by Crippen LogP contribution is -2.41. The number of benzene rings is 2. The first-order valence-electron chi connectivity index (χ1n) is 11.4. The third kappa shape index (κ3) is 3.82. The highest BCUT2D eigenvalue weighted by atomic mass is 35.5. The molecule has 4 aliphatic rings. The van der Waals surface area contributed by atoms with Gasteiger partial charge in [0.25, 0.3) is 0 Å². The Kier molecular flexibility index (Phi) is 5.17. The van der Waals surface area contributed by atoms with Crippen LogP contribution < -0.4 is 10.1 Å². The number of piperidine rings is 1. The highest BCUT2D eigenvalue weighted by Crippen LogP contribution is 2.40. The maximum absolute atomic E-state index is 13.1. The molecule has 2 N–H and O–H groups in total. The highest BCUT2D eigenvalue weighted by molar-refractivity contribution is 6.31. The fourth-order valence-electron chi connectivity index (χ4n) is 5.17. The van der Waals surface area contributed by atoms with E-state index >= 15 is 0 Å². The number of H-pyrrole nitrogens is 1. The van der Waals surface area contributed by atoms with Gasteiger partial charge in [-0.1, -0.05) is 35.6 Å². The van der Waals surface area contributed by atoms with Crippen molar-refractivity contribution in [2.24, 2.45) is 0 Å². The van der Waals surface area contributed by atoms with E-state index in [1.165, 1.54) is 5.56 Å². The van der Waals surface area contributed by atoms with Crippen molar-refractivity contribution in [1.82, 2.24) is 15.2 Å². The molecule has 3 aromatic rings. The number of hydrogen-bond donors (Lipinski definition) is 2. The van der Waals surface area contributed by atoms with Gasteiger partial charge < -0.3 is 19.8 Å². The van der Waals surface area contributed by atoms with Gasteiger partial charge in [-0.2, -0.15) is 0 Å². The standard InChI is InChI=1S/C26H24ClN3O3/c27-17-5-8-23-22(14-17)21-10-12-30-25(24(21)29-23)16-3-6-19(7-4-16)33-20-9-11-28-18(15-20)2-1-13-32-26(30)31/h3-8,14,18,20,25,28-29H,9-13,15H2/t18?,20?,25-/m0/s1. The second kappa shape index (κ2) is 8.33. The molecule has 0 saturated carbocycles. The third-order valence-electron chi connectivity index (χ3n) is 6.72. The number of nitrogens with zero attached hydrogens (tertiary/aromatic N) is 1. The molecule has 2 aromatic carbocycles. The van der Waals surface area contributed by atoms with Crippen LogP contribution in [0.5, 0.6) is 5.75 Å². The second-order valence-corrected chi connectivity index (χ2v) is 9.21. The van der Waals surface area contributed by atoms with Crippen molar-refractivity contribution in [2.75, 3.05) is 19.7 Å². The molecule has 6 nitrogen and oxygen atoms in total.